The maximum Gasteiger partial charge on any atom is 0.224 e. The van der Waals surface area contributed by atoms with Gasteiger partial charge < -0.3 is 5.32 Å². The summed E-state index contributed by atoms with van der Waals surface area (Å²) in [4.78, 5) is 8.01. The van der Waals surface area contributed by atoms with Crippen molar-refractivity contribution in [1.82, 2.24) is 9.97 Å². The van der Waals surface area contributed by atoms with Crippen LogP contribution in [0, 0.1) is 29.9 Å². The van der Waals surface area contributed by atoms with Crippen molar-refractivity contribution in [2.45, 2.75) is 13.5 Å². The Balaban J connectivity index is 2.14. The molecular formula is C13H10F2N4. The average Bonchev–Trinajstić information content (AvgIpc) is 2.37. The normalized spacial score (nSPS) is 10.0. The molecule has 0 bridgehead atoms. The van der Waals surface area contributed by atoms with Gasteiger partial charge in [0.15, 0.2) is 0 Å². The highest BCUT2D eigenvalue weighted by Gasteiger charge is 2.05. The summed E-state index contributed by atoms with van der Waals surface area (Å²) < 4.78 is 26.1. The first kappa shape index (κ1) is 12.9. The van der Waals surface area contributed by atoms with Gasteiger partial charge in [-0.2, -0.15) is 5.26 Å². The second kappa shape index (κ2) is 5.40. The zero-order valence-electron chi connectivity index (χ0n) is 10.1. The van der Waals surface area contributed by atoms with E-state index in [1.807, 2.05) is 6.07 Å². The summed E-state index contributed by atoms with van der Waals surface area (Å²) in [6.07, 6.45) is 0. The van der Waals surface area contributed by atoms with Crippen LogP contribution in [0.3, 0.4) is 0 Å². The Kier molecular flexibility index (Phi) is 3.66. The zero-order chi connectivity index (χ0) is 13.8. The highest BCUT2D eigenvalue weighted by Crippen LogP contribution is 2.11. The van der Waals surface area contributed by atoms with Crippen LogP contribution in [-0.2, 0) is 6.54 Å². The van der Waals surface area contributed by atoms with Crippen LogP contribution in [0.15, 0.2) is 24.3 Å². The Morgan fingerprint density at radius 1 is 1.26 bits per heavy atom. The largest absolute Gasteiger partial charge is 0.350 e. The summed E-state index contributed by atoms with van der Waals surface area (Å²) in [6, 6.07) is 6.79. The van der Waals surface area contributed by atoms with Gasteiger partial charge in [0.2, 0.25) is 5.95 Å². The number of aromatic nitrogens is 2. The molecular weight excluding hydrogens is 250 g/mol. The highest BCUT2D eigenvalue weighted by atomic mass is 19.1. The van der Waals surface area contributed by atoms with Gasteiger partial charge in [-0.3, -0.25) is 0 Å². The summed E-state index contributed by atoms with van der Waals surface area (Å²) in [5, 5.41) is 11.6. The number of benzene rings is 1. The third kappa shape index (κ3) is 3.22. The molecule has 0 spiro atoms. The molecule has 1 aromatic carbocycles. The molecule has 96 valence electrons. The molecule has 19 heavy (non-hydrogen) atoms. The third-order valence-corrected chi connectivity index (χ3v) is 2.42. The lowest BCUT2D eigenvalue weighted by molar-refractivity contribution is 0.574. The summed E-state index contributed by atoms with van der Waals surface area (Å²) in [5.41, 5.74) is 1.16. The maximum absolute atomic E-state index is 13.4. The molecule has 0 aliphatic carbocycles. The van der Waals surface area contributed by atoms with E-state index in [4.69, 9.17) is 5.26 Å². The van der Waals surface area contributed by atoms with Crippen molar-refractivity contribution in [3.05, 3.63) is 52.9 Å². The van der Waals surface area contributed by atoms with Crippen LogP contribution in [0.2, 0.25) is 0 Å². The van der Waals surface area contributed by atoms with Gasteiger partial charge in [0.1, 0.15) is 23.4 Å². The van der Waals surface area contributed by atoms with Gasteiger partial charge in [-0.15, -0.1) is 0 Å². The van der Waals surface area contributed by atoms with Crippen molar-refractivity contribution in [1.29, 1.82) is 5.26 Å². The van der Waals surface area contributed by atoms with Crippen LogP contribution in [0.25, 0.3) is 0 Å². The number of rotatable bonds is 3. The fourth-order valence-corrected chi connectivity index (χ4v) is 1.54. The van der Waals surface area contributed by atoms with E-state index in [2.05, 4.69) is 15.3 Å². The van der Waals surface area contributed by atoms with E-state index in [9.17, 15) is 8.78 Å². The first-order chi connectivity index (χ1) is 9.08. The molecule has 0 aliphatic heterocycles. The Hall–Kier alpha value is -2.55. The number of aryl methyl sites for hydroxylation is 1. The van der Waals surface area contributed by atoms with Gasteiger partial charge >= 0.3 is 0 Å². The topological polar surface area (TPSA) is 61.6 Å². The minimum Gasteiger partial charge on any atom is -0.350 e. The smallest absolute Gasteiger partial charge is 0.224 e. The standard InChI is InChI=1S/C13H10F2N4/c1-8-4-11(6-16)19-13(18-8)17-7-9-2-3-10(14)5-12(9)15/h2-5H,7H2,1H3,(H,17,18,19). The first-order valence-corrected chi connectivity index (χ1v) is 5.52. The zero-order valence-corrected chi connectivity index (χ0v) is 10.1. The highest BCUT2D eigenvalue weighted by molar-refractivity contribution is 5.34. The van der Waals surface area contributed by atoms with Gasteiger partial charge in [-0.1, -0.05) is 6.07 Å². The SMILES string of the molecule is Cc1cc(C#N)nc(NCc2ccc(F)cc2F)n1. The molecule has 0 aliphatic rings. The van der Waals surface area contributed by atoms with E-state index < -0.39 is 11.6 Å². The minimum atomic E-state index is -0.638. The molecule has 0 saturated heterocycles. The van der Waals surface area contributed by atoms with E-state index in [1.165, 1.54) is 12.1 Å². The first-order valence-electron chi connectivity index (χ1n) is 5.52. The Bertz CT molecular complexity index is 650. The van der Waals surface area contributed by atoms with Crippen LogP contribution in [-0.4, -0.2) is 9.97 Å². The van der Waals surface area contributed by atoms with Gasteiger partial charge in [0, 0.05) is 23.9 Å². The lowest BCUT2D eigenvalue weighted by atomic mass is 10.2. The predicted octanol–water partition coefficient (Wildman–Crippen LogP) is 2.55. The molecule has 0 fully saturated rings. The monoisotopic (exact) mass is 260 g/mol. The predicted molar refractivity (Wildman–Crippen MR) is 65.2 cm³/mol. The molecule has 2 rings (SSSR count). The lowest BCUT2D eigenvalue weighted by Crippen LogP contribution is -2.07. The number of nitrogens with one attached hydrogen (secondary N) is 1. The second-order valence-electron chi connectivity index (χ2n) is 3.92. The fraction of sp³-hybridized carbons (Fsp3) is 0.154. The quantitative estimate of drug-likeness (QED) is 0.921. The van der Waals surface area contributed by atoms with Crippen molar-refractivity contribution >= 4 is 5.95 Å². The van der Waals surface area contributed by atoms with Gasteiger partial charge in [0.25, 0.3) is 0 Å². The van der Waals surface area contributed by atoms with Crippen molar-refractivity contribution in [3.8, 4) is 6.07 Å². The summed E-state index contributed by atoms with van der Waals surface area (Å²) in [7, 11) is 0. The van der Waals surface area contributed by atoms with E-state index in [-0.39, 0.29) is 18.2 Å². The van der Waals surface area contributed by atoms with Crippen molar-refractivity contribution in [2.75, 3.05) is 5.32 Å². The van der Waals surface area contributed by atoms with E-state index >= 15 is 0 Å². The molecule has 1 heterocycles. The average molecular weight is 260 g/mol. The Morgan fingerprint density at radius 3 is 2.74 bits per heavy atom. The number of anilines is 1. The van der Waals surface area contributed by atoms with E-state index in [1.54, 1.807) is 13.0 Å². The van der Waals surface area contributed by atoms with Crippen LogP contribution in [0.5, 0.6) is 0 Å². The minimum absolute atomic E-state index is 0.112. The van der Waals surface area contributed by atoms with Crippen LogP contribution >= 0.6 is 0 Å². The Labute approximate surface area is 108 Å². The van der Waals surface area contributed by atoms with Crippen molar-refractivity contribution in [2.24, 2.45) is 0 Å². The summed E-state index contributed by atoms with van der Waals surface area (Å²) in [6.45, 7) is 1.84. The lowest BCUT2D eigenvalue weighted by Gasteiger charge is -2.07. The van der Waals surface area contributed by atoms with Crippen LogP contribution < -0.4 is 5.32 Å². The van der Waals surface area contributed by atoms with Gasteiger partial charge in [0.05, 0.1) is 0 Å². The van der Waals surface area contributed by atoms with Crippen molar-refractivity contribution in [3.63, 3.8) is 0 Å². The number of nitriles is 1. The second-order valence-corrected chi connectivity index (χ2v) is 3.92. The maximum atomic E-state index is 13.4. The number of nitrogens with zero attached hydrogens (tertiary/aromatic N) is 3. The van der Waals surface area contributed by atoms with E-state index in [0.29, 0.717) is 11.3 Å². The third-order valence-electron chi connectivity index (χ3n) is 2.42. The molecule has 1 aromatic heterocycles. The van der Waals surface area contributed by atoms with E-state index in [0.717, 1.165) is 6.07 Å². The van der Waals surface area contributed by atoms with Gasteiger partial charge in [-0.25, -0.2) is 18.7 Å². The number of hydrogen-bond donors (Lipinski definition) is 1. The summed E-state index contributed by atoms with van der Waals surface area (Å²) >= 11 is 0. The van der Waals surface area contributed by atoms with Gasteiger partial charge in [-0.05, 0) is 19.1 Å². The molecule has 1 N–H and O–H groups in total. The molecule has 0 radical (unpaired) electrons. The van der Waals surface area contributed by atoms with Crippen molar-refractivity contribution < 1.29 is 8.78 Å². The molecule has 0 saturated carbocycles. The number of halogens is 2. The molecule has 0 unspecified atom stereocenters. The molecule has 0 amide bonds. The fourth-order valence-electron chi connectivity index (χ4n) is 1.54. The molecule has 6 heteroatoms. The van der Waals surface area contributed by atoms with Crippen LogP contribution in [0.1, 0.15) is 17.0 Å². The van der Waals surface area contributed by atoms with Crippen LogP contribution in [0.4, 0.5) is 14.7 Å². The molecule has 0 atom stereocenters. The summed E-state index contributed by atoms with van der Waals surface area (Å²) in [5.74, 6) is -1.03. The number of hydrogen-bond acceptors (Lipinski definition) is 4. The molecule has 2 aromatic rings. The Morgan fingerprint density at radius 2 is 2.05 bits per heavy atom. The molecule has 4 nitrogen and oxygen atoms in total.